The van der Waals surface area contributed by atoms with Crippen molar-refractivity contribution in [1.82, 2.24) is 0 Å². The summed E-state index contributed by atoms with van der Waals surface area (Å²) in [5.74, 6) is 1.45. The molecular formula is C21H31FO3. The maximum atomic E-state index is 16.1. The van der Waals surface area contributed by atoms with Crippen LogP contribution in [0.2, 0.25) is 0 Å². The maximum absolute atomic E-state index is 16.1. The predicted molar refractivity (Wildman–Crippen MR) is 92.6 cm³/mol. The zero-order chi connectivity index (χ0) is 18.0. The van der Waals surface area contributed by atoms with Crippen molar-refractivity contribution >= 4 is 11.8 Å². The molecular weight excluding hydrogens is 319 g/mol. The minimum Gasteiger partial charge on any atom is -0.462 e. The molecule has 0 spiro atoms. The first-order chi connectivity index (χ1) is 11.7. The number of Topliss-reactive ketones (excluding diaryl/α,β-unsaturated/α-hetero) is 1. The third-order valence-electron chi connectivity index (χ3n) is 8.73. The highest BCUT2D eigenvalue weighted by atomic mass is 19.1. The van der Waals surface area contributed by atoms with E-state index >= 15 is 4.39 Å². The molecule has 4 saturated carbocycles. The standard InChI is InChI=1S/C21H31FO3/c1-13(23)25-14-6-10-20(3)17-8-9-19(2)16(4-5-18(19)24)15(17)7-11-21(20,22)12-14/h14-17H,4-12H2,1-3H3/t14-,15+,16+,17+,19+,20-,21+/m1/s1. The van der Waals surface area contributed by atoms with Crippen LogP contribution in [0.1, 0.15) is 78.6 Å². The van der Waals surface area contributed by atoms with Crippen molar-refractivity contribution in [3.8, 4) is 0 Å². The summed E-state index contributed by atoms with van der Waals surface area (Å²) in [6.07, 6.45) is 6.71. The molecule has 4 heteroatoms. The monoisotopic (exact) mass is 350 g/mol. The van der Waals surface area contributed by atoms with Crippen LogP contribution in [0.15, 0.2) is 0 Å². The van der Waals surface area contributed by atoms with Gasteiger partial charge < -0.3 is 4.74 Å². The van der Waals surface area contributed by atoms with Crippen LogP contribution in [-0.2, 0) is 14.3 Å². The zero-order valence-electron chi connectivity index (χ0n) is 15.8. The Morgan fingerprint density at radius 1 is 1.08 bits per heavy atom. The fourth-order valence-corrected chi connectivity index (χ4v) is 7.27. The van der Waals surface area contributed by atoms with E-state index in [2.05, 4.69) is 13.8 Å². The molecule has 0 radical (unpaired) electrons. The van der Waals surface area contributed by atoms with Gasteiger partial charge in [0.2, 0.25) is 0 Å². The van der Waals surface area contributed by atoms with Crippen LogP contribution in [0.5, 0.6) is 0 Å². The lowest BCUT2D eigenvalue weighted by molar-refractivity contribution is -0.192. The SMILES string of the molecule is CC(=O)O[C@@H]1CC[C@]2(C)[C@H]3CC[C@]4(C)C(=O)CC[C@H]4[C@@H]3CC[C@]2(F)C1. The lowest BCUT2D eigenvalue weighted by Crippen LogP contribution is -2.61. The number of carbonyl (C=O) groups excluding carboxylic acids is 2. The van der Waals surface area contributed by atoms with E-state index in [1.165, 1.54) is 6.92 Å². The van der Waals surface area contributed by atoms with Gasteiger partial charge in [-0.05, 0) is 62.7 Å². The first kappa shape index (κ1) is 17.5. The van der Waals surface area contributed by atoms with Crippen molar-refractivity contribution in [2.45, 2.75) is 90.3 Å². The van der Waals surface area contributed by atoms with E-state index in [0.29, 0.717) is 36.4 Å². The van der Waals surface area contributed by atoms with Crippen LogP contribution >= 0.6 is 0 Å². The van der Waals surface area contributed by atoms with E-state index < -0.39 is 5.67 Å². The average molecular weight is 350 g/mol. The molecule has 4 fully saturated rings. The van der Waals surface area contributed by atoms with Crippen molar-refractivity contribution in [2.24, 2.45) is 28.6 Å². The molecule has 0 aromatic heterocycles. The number of ether oxygens (including phenoxy) is 1. The lowest BCUT2D eigenvalue weighted by Gasteiger charge is -2.62. The van der Waals surface area contributed by atoms with Crippen molar-refractivity contribution < 1.29 is 18.7 Å². The summed E-state index contributed by atoms with van der Waals surface area (Å²) < 4.78 is 21.5. The van der Waals surface area contributed by atoms with Crippen LogP contribution in [0.25, 0.3) is 0 Å². The second-order valence-corrected chi connectivity index (χ2v) is 9.69. The van der Waals surface area contributed by atoms with Gasteiger partial charge in [-0.15, -0.1) is 0 Å². The normalized spacial score (nSPS) is 52.1. The summed E-state index contributed by atoms with van der Waals surface area (Å²) in [6.45, 7) is 5.72. The highest BCUT2D eigenvalue weighted by Crippen LogP contribution is 2.67. The topological polar surface area (TPSA) is 43.4 Å². The fourth-order valence-electron chi connectivity index (χ4n) is 7.27. The molecule has 0 saturated heterocycles. The van der Waals surface area contributed by atoms with E-state index in [1.54, 1.807) is 0 Å². The van der Waals surface area contributed by atoms with Crippen molar-refractivity contribution in [1.29, 1.82) is 0 Å². The Labute approximate surface area is 150 Å². The van der Waals surface area contributed by atoms with Crippen LogP contribution in [0.3, 0.4) is 0 Å². The van der Waals surface area contributed by atoms with E-state index in [9.17, 15) is 9.59 Å². The summed E-state index contributed by atoms with van der Waals surface area (Å²) in [7, 11) is 0. The highest BCUT2D eigenvalue weighted by molar-refractivity contribution is 5.87. The quantitative estimate of drug-likeness (QED) is 0.648. The molecule has 0 aromatic rings. The summed E-state index contributed by atoms with van der Waals surface area (Å²) in [4.78, 5) is 23.8. The van der Waals surface area contributed by atoms with Gasteiger partial charge in [-0.2, -0.15) is 0 Å². The Hall–Kier alpha value is -0.930. The molecule has 140 valence electrons. The number of hydrogen-bond acceptors (Lipinski definition) is 3. The van der Waals surface area contributed by atoms with Gasteiger partial charge in [-0.3, -0.25) is 9.59 Å². The van der Waals surface area contributed by atoms with Crippen molar-refractivity contribution in [3.05, 3.63) is 0 Å². The molecule has 4 rings (SSSR count). The largest absolute Gasteiger partial charge is 0.462 e. The van der Waals surface area contributed by atoms with E-state index in [1.807, 2.05) is 0 Å². The molecule has 7 atom stereocenters. The number of esters is 1. The minimum atomic E-state index is -1.23. The van der Waals surface area contributed by atoms with Gasteiger partial charge in [0.25, 0.3) is 0 Å². The van der Waals surface area contributed by atoms with E-state index in [4.69, 9.17) is 4.74 Å². The predicted octanol–water partition coefficient (Wildman–Crippen LogP) is 4.62. The van der Waals surface area contributed by atoms with Gasteiger partial charge >= 0.3 is 5.97 Å². The second-order valence-electron chi connectivity index (χ2n) is 9.69. The van der Waals surface area contributed by atoms with Gasteiger partial charge in [-0.1, -0.05) is 13.8 Å². The Balaban J connectivity index is 1.60. The number of hydrogen-bond donors (Lipinski definition) is 0. The van der Waals surface area contributed by atoms with Crippen LogP contribution in [0.4, 0.5) is 4.39 Å². The third-order valence-corrected chi connectivity index (χ3v) is 8.73. The molecule has 25 heavy (non-hydrogen) atoms. The Kier molecular flexibility index (Phi) is 3.87. The number of halogens is 1. The van der Waals surface area contributed by atoms with Crippen molar-refractivity contribution in [2.75, 3.05) is 0 Å². The lowest BCUT2D eigenvalue weighted by atomic mass is 9.44. The minimum absolute atomic E-state index is 0.150. The van der Waals surface area contributed by atoms with E-state index in [-0.39, 0.29) is 22.9 Å². The van der Waals surface area contributed by atoms with Gasteiger partial charge in [-0.25, -0.2) is 4.39 Å². The summed E-state index contributed by atoms with van der Waals surface area (Å²) in [5, 5.41) is 0. The second kappa shape index (κ2) is 5.53. The molecule has 0 N–H and O–H groups in total. The third kappa shape index (κ3) is 2.35. The number of rotatable bonds is 1. The Bertz CT molecular complexity index is 604. The first-order valence-electron chi connectivity index (χ1n) is 10.1. The van der Waals surface area contributed by atoms with Crippen molar-refractivity contribution in [3.63, 3.8) is 0 Å². The first-order valence-corrected chi connectivity index (χ1v) is 10.1. The highest BCUT2D eigenvalue weighted by Gasteiger charge is 2.65. The number of ketones is 1. The molecule has 4 aliphatic rings. The molecule has 0 bridgehead atoms. The average Bonchev–Trinajstić information content (AvgIpc) is 2.84. The smallest absolute Gasteiger partial charge is 0.302 e. The molecule has 0 aromatic carbocycles. The molecule has 0 heterocycles. The maximum Gasteiger partial charge on any atom is 0.302 e. The van der Waals surface area contributed by atoms with Gasteiger partial charge in [0.1, 0.15) is 17.6 Å². The van der Waals surface area contributed by atoms with Crippen LogP contribution < -0.4 is 0 Å². The van der Waals surface area contributed by atoms with Gasteiger partial charge in [0.05, 0.1) is 0 Å². The van der Waals surface area contributed by atoms with E-state index in [0.717, 1.165) is 44.9 Å². The van der Waals surface area contributed by atoms with Gasteiger partial charge in [0.15, 0.2) is 0 Å². The number of fused-ring (bicyclic) bond motifs is 5. The fraction of sp³-hybridized carbons (Fsp3) is 0.905. The molecule has 3 nitrogen and oxygen atoms in total. The molecule has 0 aliphatic heterocycles. The number of alkyl halides is 1. The number of carbonyl (C=O) groups is 2. The zero-order valence-corrected chi connectivity index (χ0v) is 15.8. The Morgan fingerprint density at radius 3 is 2.56 bits per heavy atom. The van der Waals surface area contributed by atoms with Crippen LogP contribution in [0, 0.1) is 28.6 Å². The molecule has 4 aliphatic carbocycles. The molecule has 0 unspecified atom stereocenters. The molecule has 0 amide bonds. The van der Waals surface area contributed by atoms with Crippen LogP contribution in [-0.4, -0.2) is 23.5 Å². The summed E-state index contributed by atoms with van der Waals surface area (Å²) >= 11 is 0. The van der Waals surface area contributed by atoms with Gasteiger partial charge in [0, 0.05) is 30.6 Å². The summed E-state index contributed by atoms with van der Waals surface area (Å²) in [5.41, 5.74) is -1.72. The summed E-state index contributed by atoms with van der Waals surface area (Å²) in [6, 6.07) is 0. The Morgan fingerprint density at radius 2 is 1.84 bits per heavy atom.